The van der Waals surface area contributed by atoms with Crippen molar-refractivity contribution >= 4 is 12.0 Å². The highest BCUT2D eigenvalue weighted by atomic mass is 16.4. The minimum atomic E-state index is -1.06. The van der Waals surface area contributed by atoms with Crippen LogP contribution in [0.1, 0.15) is 26.2 Å². The minimum Gasteiger partial charge on any atom is -0.480 e. The molecule has 2 atom stereocenters. The number of rotatable bonds is 2. The van der Waals surface area contributed by atoms with E-state index in [0.29, 0.717) is 0 Å². The van der Waals surface area contributed by atoms with Crippen molar-refractivity contribution in [1.29, 1.82) is 0 Å². The highest BCUT2D eigenvalue weighted by molar-refractivity contribution is 5.84. The average molecular weight is 228 g/mol. The van der Waals surface area contributed by atoms with Gasteiger partial charge in [0, 0.05) is 18.5 Å². The van der Waals surface area contributed by atoms with E-state index in [1.807, 2.05) is 6.92 Å². The van der Waals surface area contributed by atoms with E-state index in [4.69, 9.17) is 5.11 Å². The summed E-state index contributed by atoms with van der Waals surface area (Å²) in [6.45, 7) is 2.02. The molecule has 0 radical (unpaired) electrons. The van der Waals surface area contributed by atoms with Crippen molar-refractivity contribution in [1.82, 2.24) is 10.2 Å². The van der Waals surface area contributed by atoms with Gasteiger partial charge in [-0.25, -0.2) is 9.59 Å². The van der Waals surface area contributed by atoms with Crippen LogP contribution in [-0.2, 0) is 4.79 Å². The lowest BCUT2D eigenvalue weighted by Gasteiger charge is -2.23. The summed E-state index contributed by atoms with van der Waals surface area (Å²) in [5.74, 6) is -1.06. The molecule has 0 aromatic carbocycles. The fourth-order valence-corrected chi connectivity index (χ4v) is 1.91. The number of urea groups is 1. The van der Waals surface area contributed by atoms with Crippen molar-refractivity contribution in [3.05, 3.63) is 0 Å². The third-order valence-electron chi connectivity index (χ3n) is 3.23. The van der Waals surface area contributed by atoms with Gasteiger partial charge in [-0.2, -0.15) is 0 Å². The number of aliphatic hydroxyl groups excluding tert-OH is 1. The lowest BCUT2D eigenvalue weighted by atomic mass is 10.2. The largest absolute Gasteiger partial charge is 0.480 e. The van der Waals surface area contributed by atoms with E-state index in [-0.39, 0.29) is 24.5 Å². The molecule has 2 aliphatic rings. The summed E-state index contributed by atoms with van der Waals surface area (Å²) < 4.78 is 0. The zero-order valence-electron chi connectivity index (χ0n) is 9.14. The second-order valence-electron chi connectivity index (χ2n) is 4.89. The van der Waals surface area contributed by atoms with E-state index in [1.54, 1.807) is 0 Å². The molecular weight excluding hydrogens is 212 g/mol. The molecule has 6 nitrogen and oxygen atoms in total. The lowest BCUT2D eigenvalue weighted by molar-refractivity contribution is -0.141. The molecule has 0 bridgehead atoms. The quantitative estimate of drug-likeness (QED) is 0.609. The van der Waals surface area contributed by atoms with Crippen molar-refractivity contribution in [2.24, 2.45) is 0 Å². The van der Waals surface area contributed by atoms with Gasteiger partial charge < -0.3 is 20.4 Å². The molecule has 1 aliphatic heterocycles. The Morgan fingerprint density at radius 3 is 2.56 bits per heavy atom. The molecule has 90 valence electrons. The second-order valence-corrected chi connectivity index (χ2v) is 4.89. The van der Waals surface area contributed by atoms with Crippen LogP contribution in [0.4, 0.5) is 4.79 Å². The maximum atomic E-state index is 11.8. The maximum absolute atomic E-state index is 11.8. The second kappa shape index (κ2) is 3.62. The number of nitrogens with one attached hydrogen (secondary N) is 1. The summed E-state index contributed by atoms with van der Waals surface area (Å²) in [4.78, 5) is 23.9. The summed E-state index contributed by atoms with van der Waals surface area (Å²) in [6.07, 6.45) is 1.22. The predicted molar refractivity (Wildman–Crippen MR) is 54.9 cm³/mol. The first kappa shape index (κ1) is 11.2. The third kappa shape index (κ3) is 2.11. The fourth-order valence-electron chi connectivity index (χ4n) is 1.91. The van der Waals surface area contributed by atoms with E-state index < -0.39 is 18.1 Å². The van der Waals surface area contributed by atoms with Crippen LogP contribution >= 0.6 is 0 Å². The molecular formula is C10H16N2O4. The number of carbonyl (C=O) groups is 2. The number of likely N-dealkylation sites (tertiary alicyclic amines) is 1. The molecule has 1 saturated heterocycles. The number of carboxylic acid groups (broad SMARTS) is 1. The van der Waals surface area contributed by atoms with Crippen LogP contribution < -0.4 is 5.32 Å². The molecule has 2 rings (SSSR count). The van der Waals surface area contributed by atoms with Crippen molar-refractivity contribution in [2.45, 2.75) is 43.9 Å². The first-order valence-corrected chi connectivity index (χ1v) is 5.41. The van der Waals surface area contributed by atoms with Crippen LogP contribution in [0.25, 0.3) is 0 Å². The van der Waals surface area contributed by atoms with Gasteiger partial charge in [0.2, 0.25) is 0 Å². The zero-order chi connectivity index (χ0) is 11.9. The van der Waals surface area contributed by atoms with Gasteiger partial charge >= 0.3 is 12.0 Å². The number of carbonyl (C=O) groups excluding carboxylic acids is 1. The van der Waals surface area contributed by atoms with E-state index in [1.165, 1.54) is 4.90 Å². The van der Waals surface area contributed by atoms with Crippen LogP contribution in [0.5, 0.6) is 0 Å². The molecule has 16 heavy (non-hydrogen) atoms. The molecule has 2 amide bonds. The normalized spacial score (nSPS) is 31.2. The molecule has 1 heterocycles. The molecule has 1 saturated carbocycles. The highest BCUT2D eigenvalue weighted by Gasteiger charge is 2.44. The van der Waals surface area contributed by atoms with Crippen LogP contribution in [0.2, 0.25) is 0 Å². The summed E-state index contributed by atoms with van der Waals surface area (Å²) in [6, 6.07) is -1.29. The molecule has 1 unspecified atom stereocenters. The smallest absolute Gasteiger partial charge is 0.326 e. The Bertz CT molecular complexity index is 327. The Hall–Kier alpha value is -1.30. The number of nitrogens with zero attached hydrogens (tertiary/aromatic N) is 1. The third-order valence-corrected chi connectivity index (χ3v) is 3.23. The molecule has 0 aromatic rings. The van der Waals surface area contributed by atoms with Crippen molar-refractivity contribution in [2.75, 3.05) is 6.54 Å². The number of β-amino-alcohol motifs (C(OH)–C–C–N with tert-alkyl or cyclic N) is 1. The highest BCUT2D eigenvalue weighted by Crippen LogP contribution is 2.34. The number of amides is 2. The summed E-state index contributed by atoms with van der Waals surface area (Å²) in [5, 5.41) is 21.1. The Kier molecular flexibility index (Phi) is 2.53. The Morgan fingerprint density at radius 1 is 1.44 bits per heavy atom. The zero-order valence-corrected chi connectivity index (χ0v) is 9.14. The van der Waals surface area contributed by atoms with Gasteiger partial charge in [0.25, 0.3) is 0 Å². The van der Waals surface area contributed by atoms with Crippen LogP contribution in [0.3, 0.4) is 0 Å². The summed E-state index contributed by atoms with van der Waals surface area (Å²) in [5.41, 5.74) is -0.173. The molecule has 0 spiro atoms. The summed E-state index contributed by atoms with van der Waals surface area (Å²) >= 11 is 0. The number of aliphatic carboxylic acids is 1. The van der Waals surface area contributed by atoms with Gasteiger partial charge in [0.1, 0.15) is 6.04 Å². The van der Waals surface area contributed by atoms with Gasteiger partial charge in [0.05, 0.1) is 6.10 Å². The molecule has 0 aromatic heterocycles. The Balaban J connectivity index is 2.01. The standard InChI is InChI=1S/C10H16N2O4/c1-10(2-3-10)11-9(16)12-5-6(13)4-7(12)8(14)15/h6-7,13H,2-5H2,1H3,(H,11,16)(H,14,15)/t6?,7-/m0/s1. The maximum Gasteiger partial charge on any atom is 0.326 e. The van der Waals surface area contributed by atoms with Crippen LogP contribution in [0.15, 0.2) is 0 Å². The number of aliphatic hydroxyl groups is 1. The van der Waals surface area contributed by atoms with Crippen molar-refractivity contribution < 1.29 is 19.8 Å². The van der Waals surface area contributed by atoms with Crippen LogP contribution in [0, 0.1) is 0 Å². The summed E-state index contributed by atoms with van der Waals surface area (Å²) in [7, 11) is 0. The van der Waals surface area contributed by atoms with Gasteiger partial charge in [-0.3, -0.25) is 0 Å². The van der Waals surface area contributed by atoms with Crippen molar-refractivity contribution in [3.8, 4) is 0 Å². The number of hydrogen-bond acceptors (Lipinski definition) is 3. The number of carboxylic acids is 1. The molecule has 1 aliphatic carbocycles. The topological polar surface area (TPSA) is 89.9 Å². The van der Waals surface area contributed by atoms with Gasteiger partial charge in [-0.1, -0.05) is 0 Å². The average Bonchev–Trinajstić information content (AvgIpc) is 2.76. The fraction of sp³-hybridized carbons (Fsp3) is 0.800. The molecule has 6 heteroatoms. The SMILES string of the molecule is CC1(NC(=O)N2CC(O)C[C@H]2C(=O)O)CC1. The van der Waals surface area contributed by atoms with E-state index in [9.17, 15) is 14.7 Å². The number of hydrogen-bond donors (Lipinski definition) is 3. The first-order chi connectivity index (χ1) is 7.41. The predicted octanol–water partition coefficient (Wildman–Crippen LogP) is -0.232. The van der Waals surface area contributed by atoms with Gasteiger partial charge in [-0.15, -0.1) is 0 Å². The van der Waals surface area contributed by atoms with Gasteiger partial charge in [-0.05, 0) is 19.8 Å². The van der Waals surface area contributed by atoms with Gasteiger partial charge in [0.15, 0.2) is 0 Å². The van der Waals surface area contributed by atoms with E-state index in [0.717, 1.165) is 12.8 Å². The Labute approximate surface area is 93.2 Å². The monoisotopic (exact) mass is 228 g/mol. The molecule has 3 N–H and O–H groups in total. The van der Waals surface area contributed by atoms with Crippen LogP contribution in [-0.4, -0.2) is 51.3 Å². The van der Waals surface area contributed by atoms with E-state index in [2.05, 4.69) is 5.32 Å². The van der Waals surface area contributed by atoms with Crippen molar-refractivity contribution in [3.63, 3.8) is 0 Å². The minimum absolute atomic E-state index is 0.0961. The van der Waals surface area contributed by atoms with E-state index >= 15 is 0 Å². The molecule has 2 fully saturated rings. The Morgan fingerprint density at radius 2 is 2.06 bits per heavy atom. The first-order valence-electron chi connectivity index (χ1n) is 5.41. The lowest BCUT2D eigenvalue weighted by Crippen LogP contribution is -2.49.